The van der Waals surface area contributed by atoms with Crippen molar-refractivity contribution >= 4 is 11.8 Å². The van der Waals surface area contributed by atoms with Gasteiger partial charge in [0.1, 0.15) is 6.04 Å². The van der Waals surface area contributed by atoms with E-state index in [0.29, 0.717) is 5.56 Å². The third kappa shape index (κ3) is 2.43. The molecule has 1 aromatic rings. The Balaban J connectivity index is 1.73. The summed E-state index contributed by atoms with van der Waals surface area (Å²) >= 11 is 0. The van der Waals surface area contributed by atoms with Gasteiger partial charge in [0, 0.05) is 25.9 Å². The first-order chi connectivity index (χ1) is 10.1. The molecule has 0 radical (unpaired) electrons. The predicted molar refractivity (Wildman–Crippen MR) is 72.5 cm³/mol. The molecule has 2 heterocycles. The van der Waals surface area contributed by atoms with Crippen molar-refractivity contribution in [3.05, 3.63) is 29.8 Å². The van der Waals surface area contributed by atoms with Crippen LogP contribution in [0.3, 0.4) is 0 Å². The highest BCUT2D eigenvalue weighted by Crippen LogP contribution is 2.34. The van der Waals surface area contributed by atoms with Crippen molar-refractivity contribution in [2.24, 2.45) is 0 Å². The Kier molecular flexibility index (Phi) is 3.69. The van der Waals surface area contributed by atoms with Gasteiger partial charge in [0.25, 0.3) is 0 Å². The van der Waals surface area contributed by atoms with Crippen LogP contribution in [0.5, 0.6) is 0 Å². The van der Waals surface area contributed by atoms with E-state index in [4.69, 9.17) is 9.47 Å². The first-order valence-electron chi connectivity index (χ1n) is 6.78. The van der Waals surface area contributed by atoms with Crippen LogP contribution in [0.4, 0.5) is 15.0 Å². The molecule has 2 fully saturated rings. The van der Waals surface area contributed by atoms with Crippen LogP contribution in [0.2, 0.25) is 0 Å². The number of aliphatic hydroxyl groups is 1. The molecule has 2 saturated heterocycles. The number of hydrogen-bond donors (Lipinski definition) is 1. The van der Waals surface area contributed by atoms with Gasteiger partial charge in [-0.15, -0.1) is 5.12 Å². The van der Waals surface area contributed by atoms with E-state index >= 15 is 0 Å². The summed E-state index contributed by atoms with van der Waals surface area (Å²) in [6.07, 6.45) is -1.69. The number of carbonyl (C=O) groups excluding carboxylic acids is 1. The molecule has 1 N–H and O–H groups in total. The van der Waals surface area contributed by atoms with Crippen molar-refractivity contribution in [3.63, 3.8) is 0 Å². The number of halogens is 1. The maximum Gasteiger partial charge on any atom is 0.439 e. The molecule has 0 aromatic heterocycles. The molecule has 6 nitrogen and oxygen atoms in total. The van der Waals surface area contributed by atoms with E-state index in [1.54, 1.807) is 19.2 Å². The molecule has 3 rings (SSSR count). The summed E-state index contributed by atoms with van der Waals surface area (Å²) in [4.78, 5) is 13.4. The normalized spacial score (nSPS) is 26.0. The Hall–Kier alpha value is -1.86. The molecular formula is C14H17FN2O4. The van der Waals surface area contributed by atoms with E-state index in [0.717, 1.165) is 18.8 Å². The molecule has 21 heavy (non-hydrogen) atoms. The van der Waals surface area contributed by atoms with E-state index < -0.39 is 24.8 Å². The van der Waals surface area contributed by atoms with Gasteiger partial charge in [-0.1, -0.05) is 16.6 Å². The first kappa shape index (κ1) is 14.1. The summed E-state index contributed by atoms with van der Waals surface area (Å²) in [5.74, 6) is 0. The number of ether oxygens (including phenoxy) is 2. The third-order valence-electron chi connectivity index (χ3n) is 3.98. The second kappa shape index (κ2) is 5.50. The zero-order chi connectivity index (χ0) is 15.0. The van der Waals surface area contributed by atoms with Gasteiger partial charge in [0.15, 0.2) is 6.10 Å². The zero-order valence-corrected chi connectivity index (χ0v) is 11.6. The van der Waals surface area contributed by atoms with Crippen molar-refractivity contribution in [2.75, 3.05) is 31.7 Å². The molecule has 0 spiro atoms. The minimum absolute atomic E-state index is 0.0283. The van der Waals surface area contributed by atoms with Gasteiger partial charge in [0.2, 0.25) is 0 Å². The summed E-state index contributed by atoms with van der Waals surface area (Å²) in [6.45, 7) is 1.24. The minimum Gasteiger partial charge on any atom is -0.439 e. The lowest BCUT2D eigenvalue weighted by Crippen LogP contribution is -2.51. The van der Waals surface area contributed by atoms with E-state index in [1.165, 1.54) is 0 Å². The van der Waals surface area contributed by atoms with Crippen LogP contribution in [0.1, 0.15) is 11.6 Å². The Labute approximate surface area is 121 Å². The summed E-state index contributed by atoms with van der Waals surface area (Å²) in [5.41, 5.74) is 1.61. The van der Waals surface area contributed by atoms with Crippen LogP contribution in [-0.4, -0.2) is 55.3 Å². The molecule has 2 aliphatic heterocycles. The number of carbonyl (C=O) groups is 1. The Morgan fingerprint density at radius 3 is 2.62 bits per heavy atom. The zero-order valence-electron chi connectivity index (χ0n) is 11.6. The van der Waals surface area contributed by atoms with Gasteiger partial charge >= 0.3 is 6.09 Å². The Bertz CT molecular complexity index is 518. The molecule has 7 heteroatoms. The van der Waals surface area contributed by atoms with Crippen molar-refractivity contribution < 1.29 is 23.9 Å². The van der Waals surface area contributed by atoms with Crippen molar-refractivity contribution in [3.8, 4) is 0 Å². The smallest absolute Gasteiger partial charge is 0.439 e. The number of cyclic esters (lactones) is 1. The SMILES string of the molecule is COC1CN(c2ccc(C3C(CO)OC(=O)N3F)cc2)C1. The van der Waals surface area contributed by atoms with Gasteiger partial charge in [-0.05, 0) is 17.7 Å². The van der Waals surface area contributed by atoms with Gasteiger partial charge in [-0.2, -0.15) is 0 Å². The predicted octanol–water partition coefficient (Wildman–Crippen LogP) is 1.26. The van der Waals surface area contributed by atoms with Crippen molar-refractivity contribution in [1.29, 1.82) is 0 Å². The lowest BCUT2D eigenvalue weighted by atomic mass is 10.0. The van der Waals surface area contributed by atoms with Gasteiger partial charge in [-0.25, -0.2) is 4.79 Å². The molecular weight excluding hydrogens is 279 g/mol. The summed E-state index contributed by atoms with van der Waals surface area (Å²) in [6, 6.07) is 6.33. The number of anilines is 1. The maximum atomic E-state index is 13.8. The Morgan fingerprint density at radius 2 is 2.05 bits per heavy atom. The number of nitrogens with zero attached hydrogens (tertiary/aromatic N) is 2. The van der Waals surface area contributed by atoms with Crippen molar-refractivity contribution in [2.45, 2.75) is 18.2 Å². The van der Waals surface area contributed by atoms with Crippen LogP contribution in [0.25, 0.3) is 0 Å². The molecule has 0 bridgehead atoms. The molecule has 2 unspecified atom stereocenters. The summed E-state index contributed by atoms with van der Waals surface area (Å²) in [7, 11) is 1.69. The number of methoxy groups -OCH3 is 1. The van der Waals surface area contributed by atoms with Crippen LogP contribution >= 0.6 is 0 Å². The van der Waals surface area contributed by atoms with E-state index in [-0.39, 0.29) is 11.2 Å². The number of hydrogen-bond acceptors (Lipinski definition) is 5. The fraction of sp³-hybridized carbons (Fsp3) is 0.500. The molecule has 2 aliphatic rings. The first-order valence-corrected chi connectivity index (χ1v) is 6.78. The average molecular weight is 296 g/mol. The fourth-order valence-electron chi connectivity index (χ4n) is 2.67. The van der Waals surface area contributed by atoms with Crippen LogP contribution in [0, 0.1) is 0 Å². The quantitative estimate of drug-likeness (QED) is 0.848. The maximum absolute atomic E-state index is 13.8. The van der Waals surface area contributed by atoms with E-state index in [9.17, 15) is 14.4 Å². The van der Waals surface area contributed by atoms with Gasteiger partial charge in [-0.3, -0.25) is 0 Å². The van der Waals surface area contributed by atoms with Gasteiger partial charge in [0.05, 0.1) is 12.7 Å². The van der Waals surface area contributed by atoms with E-state index in [2.05, 4.69) is 4.90 Å². The monoisotopic (exact) mass is 296 g/mol. The van der Waals surface area contributed by atoms with Crippen molar-refractivity contribution in [1.82, 2.24) is 5.12 Å². The molecule has 1 aromatic carbocycles. The largest absolute Gasteiger partial charge is 0.439 e. The minimum atomic E-state index is -1.06. The highest BCUT2D eigenvalue weighted by Gasteiger charge is 2.43. The van der Waals surface area contributed by atoms with E-state index in [1.807, 2.05) is 12.1 Å². The topological polar surface area (TPSA) is 62.2 Å². The highest BCUT2D eigenvalue weighted by molar-refractivity contribution is 5.70. The molecule has 2 atom stereocenters. The van der Waals surface area contributed by atoms with Crippen LogP contribution in [-0.2, 0) is 9.47 Å². The lowest BCUT2D eigenvalue weighted by molar-refractivity contribution is 0.0388. The van der Waals surface area contributed by atoms with Crippen LogP contribution in [0.15, 0.2) is 24.3 Å². The van der Waals surface area contributed by atoms with Crippen LogP contribution < -0.4 is 4.90 Å². The molecule has 1 amide bonds. The summed E-state index contributed by atoms with van der Waals surface area (Å²) in [5, 5.41) is 9.22. The average Bonchev–Trinajstić information content (AvgIpc) is 2.74. The number of aliphatic hydroxyl groups excluding tert-OH is 1. The number of amides is 1. The second-order valence-electron chi connectivity index (χ2n) is 5.22. The fourth-order valence-corrected chi connectivity index (χ4v) is 2.67. The second-order valence-corrected chi connectivity index (χ2v) is 5.22. The lowest BCUT2D eigenvalue weighted by Gasteiger charge is -2.40. The molecule has 114 valence electrons. The number of rotatable bonds is 4. The summed E-state index contributed by atoms with van der Waals surface area (Å²) < 4.78 is 23.7. The van der Waals surface area contributed by atoms with Gasteiger partial charge < -0.3 is 19.5 Å². The standard InChI is InChI=1S/C14H17FN2O4/c1-20-11-6-16(7-11)10-4-2-9(3-5-10)13-12(8-18)21-14(19)17(13)15/h2-5,11-13,18H,6-8H2,1H3. The Morgan fingerprint density at radius 1 is 1.38 bits per heavy atom. The number of benzene rings is 1. The third-order valence-corrected chi connectivity index (χ3v) is 3.98. The molecule has 0 saturated carbocycles. The molecule has 0 aliphatic carbocycles. The highest BCUT2D eigenvalue weighted by atomic mass is 19.2.